The molecule has 0 radical (unpaired) electrons. The summed E-state index contributed by atoms with van der Waals surface area (Å²) in [6, 6.07) is 9.30. The summed E-state index contributed by atoms with van der Waals surface area (Å²) in [5.74, 6) is 0.0686. The van der Waals surface area contributed by atoms with E-state index in [9.17, 15) is 14.4 Å². The molecule has 1 aromatic heterocycles. The lowest BCUT2D eigenvalue weighted by molar-refractivity contribution is -0.143. The minimum absolute atomic E-state index is 0.113. The first-order chi connectivity index (χ1) is 15.9. The Kier molecular flexibility index (Phi) is 7.71. The van der Waals surface area contributed by atoms with Crippen molar-refractivity contribution in [2.45, 2.75) is 33.1 Å². The molecule has 3 aromatic rings. The average Bonchev–Trinajstić information content (AvgIpc) is 2.80. The van der Waals surface area contributed by atoms with Crippen molar-refractivity contribution in [1.29, 1.82) is 0 Å². The van der Waals surface area contributed by atoms with Gasteiger partial charge in [0.2, 0.25) is 0 Å². The molecule has 0 aliphatic heterocycles. The molecule has 0 saturated heterocycles. The first kappa shape index (κ1) is 23.8. The first-order valence-electron chi connectivity index (χ1n) is 10.5. The van der Waals surface area contributed by atoms with Gasteiger partial charge in [0.25, 0.3) is 0 Å². The summed E-state index contributed by atoms with van der Waals surface area (Å²) in [7, 11) is 2.97. The number of carbonyl (C=O) groups is 2. The lowest BCUT2D eigenvalue weighted by Gasteiger charge is -2.13. The maximum absolute atomic E-state index is 12.9. The molecule has 3 rings (SSSR count). The fourth-order valence-corrected chi connectivity index (χ4v) is 3.33. The van der Waals surface area contributed by atoms with Crippen molar-refractivity contribution >= 4 is 22.9 Å². The molecule has 8 heteroatoms. The van der Waals surface area contributed by atoms with Crippen LogP contribution < -0.4 is 19.8 Å². The number of ether oxygens (including phenoxy) is 4. The molecule has 2 aromatic carbocycles. The SMILES string of the molecule is CCCOC(=O)CCc1cc2c(C)cc(=O)oc2cc1OC(=O)c1ccc(OC)c(OC)c1. The van der Waals surface area contributed by atoms with Crippen molar-refractivity contribution in [2.24, 2.45) is 0 Å². The number of fused-ring (bicyclic) bond motifs is 1. The number of rotatable bonds is 9. The molecule has 174 valence electrons. The Bertz CT molecular complexity index is 1230. The van der Waals surface area contributed by atoms with E-state index in [1.165, 1.54) is 32.4 Å². The van der Waals surface area contributed by atoms with Crippen LogP contribution in [0.4, 0.5) is 0 Å². The minimum Gasteiger partial charge on any atom is -0.493 e. The zero-order valence-electron chi connectivity index (χ0n) is 19.1. The van der Waals surface area contributed by atoms with Gasteiger partial charge in [-0.1, -0.05) is 6.92 Å². The number of methoxy groups -OCH3 is 2. The van der Waals surface area contributed by atoms with Crippen LogP contribution in [-0.2, 0) is 16.0 Å². The highest BCUT2D eigenvalue weighted by atomic mass is 16.5. The molecule has 0 unspecified atom stereocenters. The summed E-state index contributed by atoms with van der Waals surface area (Å²) < 4.78 is 26.5. The highest BCUT2D eigenvalue weighted by Gasteiger charge is 2.18. The van der Waals surface area contributed by atoms with E-state index in [2.05, 4.69) is 0 Å². The Morgan fingerprint density at radius 2 is 1.73 bits per heavy atom. The van der Waals surface area contributed by atoms with Gasteiger partial charge in [0.15, 0.2) is 11.5 Å². The number of hydrogen-bond acceptors (Lipinski definition) is 8. The molecular formula is C25H26O8. The molecule has 0 aliphatic rings. The topological polar surface area (TPSA) is 101 Å². The normalized spacial score (nSPS) is 10.7. The summed E-state index contributed by atoms with van der Waals surface area (Å²) in [6.45, 7) is 4.05. The van der Waals surface area contributed by atoms with Gasteiger partial charge in [-0.25, -0.2) is 9.59 Å². The van der Waals surface area contributed by atoms with E-state index in [0.29, 0.717) is 34.6 Å². The third-order valence-electron chi connectivity index (χ3n) is 5.02. The van der Waals surface area contributed by atoms with Gasteiger partial charge in [0.05, 0.1) is 26.4 Å². The van der Waals surface area contributed by atoms with E-state index < -0.39 is 11.6 Å². The number of hydrogen-bond donors (Lipinski definition) is 0. The Labute approximate surface area is 191 Å². The molecule has 8 nitrogen and oxygen atoms in total. The van der Waals surface area contributed by atoms with Gasteiger partial charge in [0.1, 0.15) is 11.3 Å². The van der Waals surface area contributed by atoms with Crippen molar-refractivity contribution < 1.29 is 33.0 Å². The zero-order chi connectivity index (χ0) is 24.0. The lowest BCUT2D eigenvalue weighted by Crippen LogP contribution is -2.12. The van der Waals surface area contributed by atoms with Gasteiger partial charge >= 0.3 is 17.6 Å². The summed E-state index contributed by atoms with van der Waals surface area (Å²) in [4.78, 5) is 36.7. The Hall–Kier alpha value is -3.81. The lowest BCUT2D eigenvalue weighted by atomic mass is 10.0. The van der Waals surface area contributed by atoms with Crippen LogP contribution in [0.3, 0.4) is 0 Å². The average molecular weight is 454 g/mol. The number of aryl methyl sites for hydroxylation is 2. The fraction of sp³-hybridized carbons (Fsp3) is 0.320. The third-order valence-corrected chi connectivity index (χ3v) is 5.02. The van der Waals surface area contributed by atoms with Crippen LogP contribution in [0.1, 0.15) is 41.3 Å². The van der Waals surface area contributed by atoms with Gasteiger partial charge in [-0.05, 0) is 55.2 Å². The number of benzene rings is 2. The summed E-state index contributed by atoms with van der Waals surface area (Å²) in [5.41, 5.74) is 1.35. The Balaban J connectivity index is 1.96. The van der Waals surface area contributed by atoms with Gasteiger partial charge in [-0.2, -0.15) is 0 Å². The molecule has 0 spiro atoms. The molecular weight excluding hydrogens is 428 g/mol. The second kappa shape index (κ2) is 10.7. The van der Waals surface area contributed by atoms with Crippen LogP contribution in [0.25, 0.3) is 11.0 Å². The van der Waals surface area contributed by atoms with E-state index in [-0.39, 0.29) is 35.7 Å². The first-order valence-corrected chi connectivity index (χ1v) is 10.5. The summed E-state index contributed by atoms with van der Waals surface area (Å²) in [6.07, 6.45) is 1.13. The van der Waals surface area contributed by atoms with Crippen molar-refractivity contribution in [3.8, 4) is 17.2 Å². The van der Waals surface area contributed by atoms with Crippen LogP contribution in [0.15, 0.2) is 45.6 Å². The third kappa shape index (κ3) is 5.71. The van der Waals surface area contributed by atoms with E-state index >= 15 is 0 Å². The van der Waals surface area contributed by atoms with E-state index in [4.69, 9.17) is 23.4 Å². The standard InChI is InChI=1S/C25H26O8/c1-5-10-31-23(26)9-7-16-12-18-15(2)11-24(27)32-21(18)14-20(16)33-25(28)17-6-8-19(29-3)22(13-17)30-4/h6,8,11-14H,5,7,9-10H2,1-4H3. The minimum atomic E-state index is -0.639. The molecule has 0 bridgehead atoms. The Morgan fingerprint density at radius 1 is 0.970 bits per heavy atom. The summed E-state index contributed by atoms with van der Waals surface area (Å²) >= 11 is 0. The molecule has 0 amide bonds. The quantitative estimate of drug-likeness (QED) is 0.269. The largest absolute Gasteiger partial charge is 0.493 e. The van der Waals surface area contributed by atoms with Crippen molar-refractivity contribution in [3.05, 3.63) is 63.5 Å². The predicted octanol–water partition coefficient (Wildman–Crippen LogP) is 4.22. The van der Waals surface area contributed by atoms with E-state index in [1.54, 1.807) is 25.1 Å². The van der Waals surface area contributed by atoms with Gasteiger partial charge < -0.3 is 23.4 Å². The molecule has 0 saturated carbocycles. The predicted molar refractivity (Wildman–Crippen MR) is 121 cm³/mol. The molecule has 0 aliphatic carbocycles. The van der Waals surface area contributed by atoms with Crippen molar-refractivity contribution in [3.63, 3.8) is 0 Å². The van der Waals surface area contributed by atoms with Crippen molar-refractivity contribution in [2.75, 3.05) is 20.8 Å². The zero-order valence-corrected chi connectivity index (χ0v) is 19.1. The van der Waals surface area contributed by atoms with Crippen LogP contribution in [-0.4, -0.2) is 32.8 Å². The summed E-state index contributed by atoms with van der Waals surface area (Å²) in [5, 5.41) is 0.692. The number of esters is 2. The fourth-order valence-electron chi connectivity index (χ4n) is 3.33. The van der Waals surface area contributed by atoms with Crippen LogP contribution in [0.5, 0.6) is 17.2 Å². The van der Waals surface area contributed by atoms with Crippen LogP contribution >= 0.6 is 0 Å². The van der Waals surface area contributed by atoms with Gasteiger partial charge in [-0.3, -0.25) is 4.79 Å². The highest BCUT2D eigenvalue weighted by Crippen LogP contribution is 2.31. The van der Waals surface area contributed by atoms with E-state index in [1.807, 2.05) is 6.92 Å². The second-order valence-corrected chi connectivity index (χ2v) is 7.38. The van der Waals surface area contributed by atoms with Gasteiger partial charge in [-0.15, -0.1) is 0 Å². The monoisotopic (exact) mass is 454 g/mol. The molecule has 33 heavy (non-hydrogen) atoms. The molecule has 0 N–H and O–H groups in total. The maximum Gasteiger partial charge on any atom is 0.343 e. The Morgan fingerprint density at radius 3 is 2.42 bits per heavy atom. The van der Waals surface area contributed by atoms with Crippen molar-refractivity contribution in [1.82, 2.24) is 0 Å². The highest BCUT2D eigenvalue weighted by molar-refractivity contribution is 5.93. The van der Waals surface area contributed by atoms with Crippen LogP contribution in [0.2, 0.25) is 0 Å². The van der Waals surface area contributed by atoms with Crippen LogP contribution in [0, 0.1) is 6.92 Å². The molecule has 0 fully saturated rings. The van der Waals surface area contributed by atoms with E-state index in [0.717, 1.165) is 6.42 Å². The second-order valence-electron chi connectivity index (χ2n) is 7.38. The smallest absolute Gasteiger partial charge is 0.343 e. The number of carbonyl (C=O) groups excluding carboxylic acids is 2. The van der Waals surface area contributed by atoms with Gasteiger partial charge in [0, 0.05) is 23.9 Å². The molecule has 0 atom stereocenters. The maximum atomic E-state index is 12.9. The molecule has 1 heterocycles.